The van der Waals surface area contributed by atoms with Crippen molar-refractivity contribution < 1.29 is 14.3 Å². The van der Waals surface area contributed by atoms with E-state index in [9.17, 15) is 4.79 Å². The average molecular weight is 274 g/mol. The Kier molecular flexibility index (Phi) is 12.0. The Hall–Kier alpha value is -0.650. The summed E-state index contributed by atoms with van der Waals surface area (Å²) in [6.07, 6.45) is 1.79. The normalized spacial score (nSPS) is 12.7. The number of hydrogen-bond donors (Lipinski definition) is 1. The van der Waals surface area contributed by atoms with Gasteiger partial charge in [0.2, 0.25) is 0 Å². The number of carbonyl (C=O) groups excluding carboxylic acids is 1. The highest BCUT2D eigenvalue weighted by molar-refractivity contribution is 5.75. The van der Waals surface area contributed by atoms with Gasteiger partial charge in [-0.05, 0) is 32.9 Å². The number of esters is 1. The minimum absolute atomic E-state index is 0.140. The fourth-order valence-electron chi connectivity index (χ4n) is 1.82. The lowest BCUT2D eigenvalue weighted by atomic mass is 10.2. The minimum Gasteiger partial charge on any atom is -0.465 e. The summed E-state index contributed by atoms with van der Waals surface area (Å²) >= 11 is 0. The SMILES string of the molecule is CCCNC(CCN(CC)CCOC)C(=O)OCC. The van der Waals surface area contributed by atoms with E-state index in [4.69, 9.17) is 9.47 Å². The highest BCUT2D eigenvalue weighted by Gasteiger charge is 2.19. The molecule has 0 saturated carbocycles. The molecule has 0 aliphatic rings. The van der Waals surface area contributed by atoms with Crippen LogP contribution in [0.5, 0.6) is 0 Å². The number of nitrogens with zero attached hydrogens (tertiary/aromatic N) is 1. The van der Waals surface area contributed by atoms with Gasteiger partial charge in [-0.3, -0.25) is 4.79 Å². The van der Waals surface area contributed by atoms with Crippen molar-refractivity contribution in [2.24, 2.45) is 0 Å². The highest BCUT2D eigenvalue weighted by Crippen LogP contribution is 2.00. The minimum atomic E-state index is -0.198. The van der Waals surface area contributed by atoms with E-state index in [-0.39, 0.29) is 12.0 Å². The number of methoxy groups -OCH3 is 1. The van der Waals surface area contributed by atoms with Crippen LogP contribution >= 0.6 is 0 Å². The first-order chi connectivity index (χ1) is 9.19. The number of nitrogens with one attached hydrogen (secondary N) is 1. The Morgan fingerprint density at radius 1 is 1.26 bits per heavy atom. The van der Waals surface area contributed by atoms with Crippen LogP contribution in [-0.4, -0.2) is 63.4 Å². The molecule has 0 spiro atoms. The van der Waals surface area contributed by atoms with Gasteiger partial charge in [-0.1, -0.05) is 13.8 Å². The van der Waals surface area contributed by atoms with Crippen molar-refractivity contribution in [3.05, 3.63) is 0 Å². The zero-order valence-electron chi connectivity index (χ0n) is 12.9. The van der Waals surface area contributed by atoms with E-state index in [0.29, 0.717) is 6.61 Å². The molecule has 0 radical (unpaired) electrons. The Labute approximate surface area is 117 Å². The number of rotatable bonds is 12. The fourth-order valence-corrected chi connectivity index (χ4v) is 1.82. The quantitative estimate of drug-likeness (QED) is 0.543. The molecule has 0 aliphatic heterocycles. The summed E-state index contributed by atoms with van der Waals surface area (Å²) in [5, 5.41) is 3.26. The van der Waals surface area contributed by atoms with Crippen molar-refractivity contribution in [1.29, 1.82) is 0 Å². The summed E-state index contributed by atoms with van der Waals surface area (Å²) in [7, 11) is 1.71. The molecule has 1 N–H and O–H groups in total. The highest BCUT2D eigenvalue weighted by atomic mass is 16.5. The van der Waals surface area contributed by atoms with Crippen LogP contribution in [0.4, 0.5) is 0 Å². The summed E-state index contributed by atoms with van der Waals surface area (Å²) in [4.78, 5) is 14.1. The molecule has 1 unspecified atom stereocenters. The van der Waals surface area contributed by atoms with Crippen LogP contribution in [0.25, 0.3) is 0 Å². The molecule has 114 valence electrons. The van der Waals surface area contributed by atoms with E-state index in [1.165, 1.54) is 0 Å². The first-order valence-corrected chi connectivity index (χ1v) is 7.30. The Morgan fingerprint density at radius 3 is 2.53 bits per heavy atom. The Bertz CT molecular complexity index is 225. The number of ether oxygens (including phenoxy) is 2. The van der Waals surface area contributed by atoms with Gasteiger partial charge in [0.15, 0.2) is 0 Å². The number of hydrogen-bond acceptors (Lipinski definition) is 5. The molecule has 1 atom stereocenters. The molecule has 0 aromatic carbocycles. The van der Waals surface area contributed by atoms with Gasteiger partial charge in [0.1, 0.15) is 6.04 Å². The molecular weight excluding hydrogens is 244 g/mol. The van der Waals surface area contributed by atoms with Crippen LogP contribution in [0.3, 0.4) is 0 Å². The van der Waals surface area contributed by atoms with Gasteiger partial charge in [-0.25, -0.2) is 0 Å². The average Bonchev–Trinajstić information content (AvgIpc) is 2.42. The van der Waals surface area contributed by atoms with Crippen LogP contribution in [0.15, 0.2) is 0 Å². The van der Waals surface area contributed by atoms with E-state index < -0.39 is 0 Å². The summed E-state index contributed by atoms with van der Waals surface area (Å²) in [6, 6.07) is -0.198. The van der Waals surface area contributed by atoms with Crippen LogP contribution in [0, 0.1) is 0 Å². The van der Waals surface area contributed by atoms with E-state index in [1.807, 2.05) is 6.92 Å². The summed E-state index contributed by atoms with van der Waals surface area (Å²) in [6.45, 7) is 10.8. The third-order valence-corrected chi connectivity index (χ3v) is 3.00. The second-order valence-corrected chi connectivity index (χ2v) is 4.47. The summed E-state index contributed by atoms with van der Waals surface area (Å²) < 4.78 is 10.2. The molecule has 0 heterocycles. The van der Waals surface area contributed by atoms with E-state index in [0.717, 1.165) is 45.6 Å². The van der Waals surface area contributed by atoms with Crippen molar-refractivity contribution in [2.45, 2.75) is 39.7 Å². The summed E-state index contributed by atoms with van der Waals surface area (Å²) in [5.74, 6) is -0.140. The van der Waals surface area contributed by atoms with Gasteiger partial charge in [-0.2, -0.15) is 0 Å². The third-order valence-electron chi connectivity index (χ3n) is 3.00. The van der Waals surface area contributed by atoms with Crippen LogP contribution < -0.4 is 5.32 Å². The van der Waals surface area contributed by atoms with Crippen molar-refractivity contribution >= 4 is 5.97 Å². The zero-order chi connectivity index (χ0) is 14.5. The predicted octanol–water partition coefficient (Wildman–Crippen LogP) is 1.28. The Morgan fingerprint density at radius 2 is 2.00 bits per heavy atom. The molecule has 0 rings (SSSR count). The second-order valence-electron chi connectivity index (χ2n) is 4.47. The van der Waals surface area contributed by atoms with Crippen molar-refractivity contribution in [3.63, 3.8) is 0 Å². The topological polar surface area (TPSA) is 50.8 Å². The molecule has 5 nitrogen and oxygen atoms in total. The van der Waals surface area contributed by atoms with Gasteiger partial charge < -0.3 is 19.7 Å². The lowest BCUT2D eigenvalue weighted by Crippen LogP contribution is -2.41. The van der Waals surface area contributed by atoms with Gasteiger partial charge >= 0.3 is 5.97 Å². The Balaban J connectivity index is 4.17. The predicted molar refractivity (Wildman–Crippen MR) is 77.3 cm³/mol. The number of carbonyl (C=O) groups is 1. The van der Waals surface area contributed by atoms with Crippen molar-refractivity contribution in [2.75, 3.05) is 46.5 Å². The van der Waals surface area contributed by atoms with E-state index in [1.54, 1.807) is 7.11 Å². The van der Waals surface area contributed by atoms with Gasteiger partial charge in [0, 0.05) is 20.2 Å². The molecule has 0 saturated heterocycles. The summed E-state index contributed by atoms with van der Waals surface area (Å²) in [5.41, 5.74) is 0. The van der Waals surface area contributed by atoms with Crippen LogP contribution in [0.2, 0.25) is 0 Å². The first kappa shape index (κ1) is 18.4. The molecule has 0 amide bonds. The van der Waals surface area contributed by atoms with Gasteiger partial charge in [0.25, 0.3) is 0 Å². The maximum absolute atomic E-state index is 11.8. The molecule has 0 aliphatic carbocycles. The largest absolute Gasteiger partial charge is 0.465 e. The van der Waals surface area contributed by atoms with Crippen molar-refractivity contribution in [1.82, 2.24) is 10.2 Å². The molecule has 0 fully saturated rings. The monoisotopic (exact) mass is 274 g/mol. The molecular formula is C14H30N2O3. The molecule has 0 bridgehead atoms. The van der Waals surface area contributed by atoms with Crippen LogP contribution in [0.1, 0.15) is 33.6 Å². The lowest BCUT2D eigenvalue weighted by molar-refractivity contribution is -0.145. The maximum Gasteiger partial charge on any atom is 0.323 e. The van der Waals surface area contributed by atoms with Gasteiger partial charge in [-0.15, -0.1) is 0 Å². The molecule has 0 aromatic heterocycles. The van der Waals surface area contributed by atoms with E-state index >= 15 is 0 Å². The molecule has 0 aromatic rings. The second kappa shape index (κ2) is 12.4. The maximum atomic E-state index is 11.8. The zero-order valence-corrected chi connectivity index (χ0v) is 12.9. The van der Waals surface area contributed by atoms with Crippen LogP contribution in [-0.2, 0) is 14.3 Å². The third kappa shape index (κ3) is 8.97. The number of likely N-dealkylation sites (N-methyl/N-ethyl adjacent to an activating group) is 1. The standard InChI is InChI=1S/C14H30N2O3/c1-5-9-15-13(14(17)19-7-3)8-10-16(6-2)11-12-18-4/h13,15H,5-12H2,1-4H3. The van der Waals surface area contributed by atoms with Crippen molar-refractivity contribution in [3.8, 4) is 0 Å². The first-order valence-electron chi connectivity index (χ1n) is 7.30. The van der Waals surface area contributed by atoms with Gasteiger partial charge in [0.05, 0.1) is 13.2 Å². The van der Waals surface area contributed by atoms with E-state index in [2.05, 4.69) is 24.1 Å². The molecule has 19 heavy (non-hydrogen) atoms. The fraction of sp³-hybridized carbons (Fsp3) is 0.929. The molecule has 5 heteroatoms. The lowest BCUT2D eigenvalue weighted by Gasteiger charge is -2.23. The smallest absolute Gasteiger partial charge is 0.323 e.